The van der Waals surface area contributed by atoms with E-state index in [0.29, 0.717) is 10.8 Å². The van der Waals surface area contributed by atoms with Gasteiger partial charge in [-0.25, -0.2) is 4.79 Å². The highest BCUT2D eigenvalue weighted by Gasteiger charge is 2.90. The van der Waals surface area contributed by atoms with Gasteiger partial charge >= 0.3 is 5.69 Å². The summed E-state index contributed by atoms with van der Waals surface area (Å²) in [4.78, 5) is 26.2. The summed E-state index contributed by atoms with van der Waals surface area (Å²) in [6.07, 6.45) is -4.19. The largest absolute Gasteiger partial charge is 0.385 e. The van der Waals surface area contributed by atoms with E-state index >= 15 is 0 Å². The average Bonchev–Trinajstić information content (AvgIpc) is 3.38. The Hall–Kier alpha value is -3.93. The minimum Gasteiger partial charge on any atom is -0.385 e. The van der Waals surface area contributed by atoms with Crippen molar-refractivity contribution >= 4 is 0 Å². The summed E-state index contributed by atoms with van der Waals surface area (Å²) < 4.78 is 27.9. The van der Waals surface area contributed by atoms with E-state index in [0.717, 1.165) is 16.7 Å². The van der Waals surface area contributed by atoms with E-state index in [9.17, 15) is 29.3 Å². The molecule has 5 atom stereocenters. The molecular weight excluding hydrogens is 543 g/mol. The van der Waals surface area contributed by atoms with E-state index in [4.69, 9.17) is 9.47 Å². The topological polar surface area (TPSA) is 134 Å². The molecule has 9 nitrogen and oxygen atoms in total. The van der Waals surface area contributed by atoms with Crippen LogP contribution < -0.4 is 11.2 Å². The van der Waals surface area contributed by atoms with Gasteiger partial charge in [0.2, 0.25) is 5.82 Å². The molecule has 10 heteroatoms. The summed E-state index contributed by atoms with van der Waals surface area (Å²) >= 11 is 0. The molecule has 4 N–H and O–H groups in total. The lowest BCUT2D eigenvalue weighted by Gasteiger charge is -2.42. The number of H-pyrrole nitrogens is 1. The van der Waals surface area contributed by atoms with Gasteiger partial charge in [0.15, 0.2) is 6.23 Å². The van der Waals surface area contributed by atoms with Crippen LogP contribution in [0.25, 0.3) is 0 Å². The summed E-state index contributed by atoms with van der Waals surface area (Å²) in [5.74, 6) is -1.28. The standard InChI is InChI=1S/C32H31FN2O7/c1-29(2)31(39)24(42-27(25(36)32(29,31)40)35-18-23(33)26(37)34-28(35)38)19-41-30(20-12-6-3-7-13-20,21-14-8-4-9-15-21)22-16-10-5-11-17-22/h3-18,24-25,27,36,39-40H,19H2,1-2H3,(H,34,37,38)/t24-,25+,27-,31-,32+/m1/s1. The van der Waals surface area contributed by atoms with Gasteiger partial charge in [-0.1, -0.05) is 105 Å². The third kappa shape index (κ3) is 3.73. The van der Waals surface area contributed by atoms with Crippen molar-refractivity contribution in [1.82, 2.24) is 9.55 Å². The first kappa shape index (κ1) is 28.2. The van der Waals surface area contributed by atoms with Crippen LogP contribution in [0.4, 0.5) is 4.39 Å². The highest BCUT2D eigenvalue weighted by molar-refractivity contribution is 5.47. The Morgan fingerprint density at radius 3 is 1.83 bits per heavy atom. The normalized spacial score (nSPS) is 28.2. The van der Waals surface area contributed by atoms with Crippen LogP contribution in [0, 0.1) is 11.2 Å². The molecule has 6 rings (SSSR count). The second-order valence-corrected chi connectivity index (χ2v) is 11.4. The van der Waals surface area contributed by atoms with E-state index in [1.54, 1.807) is 13.8 Å². The molecule has 0 amide bonds. The first-order valence-electron chi connectivity index (χ1n) is 13.6. The molecule has 1 saturated heterocycles. The quantitative estimate of drug-likeness (QED) is 0.249. The van der Waals surface area contributed by atoms with Gasteiger partial charge in [0.1, 0.15) is 29.0 Å². The zero-order valence-corrected chi connectivity index (χ0v) is 23.0. The number of rotatable bonds is 7. The zero-order valence-electron chi connectivity index (χ0n) is 23.0. The highest BCUT2D eigenvalue weighted by atomic mass is 19.1. The lowest BCUT2D eigenvalue weighted by molar-refractivity contribution is -0.259. The average molecular weight is 575 g/mol. The molecule has 2 aliphatic rings. The number of aliphatic hydroxyl groups excluding tert-OH is 1. The maximum atomic E-state index is 14.3. The molecule has 4 aromatic rings. The molecule has 3 aromatic carbocycles. The maximum Gasteiger partial charge on any atom is 0.330 e. The fourth-order valence-electron chi connectivity index (χ4n) is 6.68. The molecule has 42 heavy (non-hydrogen) atoms. The molecule has 0 bridgehead atoms. The van der Waals surface area contributed by atoms with E-state index < -0.39 is 57.7 Å². The van der Waals surface area contributed by atoms with Crippen LogP contribution >= 0.6 is 0 Å². The number of nitrogens with zero attached hydrogens (tertiary/aromatic N) is 1. The zero-order chi connectivity index (χ0) is 29.9. The minimum absolute atomic E-state index is 0.315. The first-order chi connectivity index (χ1) is 20.0. The van der Waals surface area contributed by atoms with Gasteiger partial charge in [0.25, 0.3) is 5.56 Å². The van der Waals surface area contributed by atoms with Crippen molar-refractivity contribution in [3.05, 3.63) is 141 Å². The molecule has 218 valence electrons. The molecule has 1 aromatic heterocycles. The lowest BCUT2D eigenvalue weighted by Crippen LogP contribution is -2.58. The number of hydrogen-bond donors (Lipinski definition) is 4. The number of benzene rings is 3. The van der Waals surface area contributed by atoms with Crippen molar-refractivity contribution < 1.29 is 29.2 Å². The molecule has 2 heterocycles. The minimum atomic E-state index is -2.15. The van der Waals surface area contributed by atoms with Crippen molar-refractivity contribution in [2.75, 3.05) is 6.61 Å². The SMILES string of the molecule is CC1(C)[C@]2(O)[C@@H](COC(c3ccccc3)(c3ccccc3)c3ccccc3)O[C@@H](n3cc(F)c(=O)[nH]c3=O)[C@H](O)[C@]12O. The Bertz CT molecular complexity index is 1610. The van der Waals surface area contributed by atoms with Crippen LogP contribution in [0.15, 0.2) is 107 Å². The van der Waals surface area contributed by atoms with Crippen LogP contribution in [0.5, 0.6) is 0 Å². The second-order valence-electron chi connectivity index (χ2n) is 11.4. The second kappa shape index (κ2) is 9.82. The number of hydrogen-bond acceptors (Lipinski definition) is 7. The van der Waals surface area contributed by atoms with Gasteiger partial charge in [-0.2, -0.15) is 4.39 Å². The monoisotopic (exact) mass is 574 g/mol. The molecule has 2 fully saturated rings. The fourth-order valence-corrected chi connectivity index (χ4v) is 6.68. The molecule has 0 unspecified atom stereocenters. The molecule has 1 aliphatic heterocycles. The smallest absolute Gasteiger partial charge is 0.330 e. The predicted molar refractivity (Wildman–Crippen MR) is 150 cm³/mol. The van der Waals surface area contributed by atoms with E-state index in [-0.39, 0.29) is 6.61 Å². The highest BCUT2D eigenvalue weighted by Crippen LogP contribution is 2.72. The van der Waals surface area contributed by atoms with Gasteiger partial charge in [-0.15, -0.1) is 0 Å². The Labute approximate surface area is 240 Å². The van der Waals surface area contributed by atoms with Gasteiger partial charge < -0.3 is 24.8 Å². The van der Waals surface area contributed by atoms with Gasteiger partial charge in [-0.3, -0.25) is 14.3 Å². The summed E-state index contributed by atoms with van der Waals surface area (Å²) in [7, 11) is 0. The molecule has 0 spiro atoms. The Morgan fingerprint density at radius 2 is 1.36 bits per heavy atom. The van der Waals surface area contributed by atoms with Crippen LogP contribution in [0.2, 0.25) is 0 Å². The number of aromatic nitrogens is 2. The number of aromatic amines is 1. The molecule has 1 saturated carbocycles. The van der Waals surface area contributed by atoms with Crippen molar-refractivity contribution in [2.24, 2.45) is 5.41 Å². The van der Waals surface area contributed by atoms with Gasteiger partial charge in [0.05, 0.1) is 12.8 Å². The lowest BCUT2D eigenvalue weighted by atomic mass is 9.80. The van der Waals surface area contributed by atoms with Crippen LogP contribution in [-0.2, 0) is 15.1 Å². The number of halogens is 1. The summed E-state index contributed by atoms with van der Waals surface area (Å²) in [6.45, 7) is 2.80. The van der Waals surface area contributed by atoms with Crippen molar-refractivity contribution in [1.29, 1.82) is 0 Å². The Kier molecular flexibility index (Phi) is 6.60. The Morgan fingerprint density at radius 1 is 0.881 bits per heavy atom. The summed E-state index contributed by atoms with van der Waals surface area (Å²) in [6, 6.07) is 28.5. The van der Waals surface area contributed by atoms with Crippen LogP contribution in [0.3, 0.4) is 0 Å². The van der Waals surface area contributed by atoms with E-state index in [1.807, 2.05) is 96.0 Å². The molecular formula is C32H31FN2O7. The summed E-state index contributed by atoms with van der Waals surface area (Å²) in [5.41, 5.74) is -6.61. The first-order valence-corrected chi connectivity index (χ1v) is 13.6. The Balaban J connectivity index is 1.47. The van der Waals surface area contributed by atoms with Crippen LogP contribution in [-0.4, -0.2) is 54.9 Å². The van der Waals surface area contributed by atoms with E-state index in [1.165, 1.54) is 0 Å². The van der Waals surface area contributed by atoms with Crippen LogP contribution in [0.1, 0.15) is 36.8 Å². The number of nitrogens with one attached hydrogen (secondary N) is 1. The number of aliphatic hydroxyl groups is 3. The third-order valence-electron chi connectivity index (χ3n) is 9.08. The fraction of sp³-hybridized carbons (Fsp3) is 0.312. The number of ether oxygens (including phenoxy) is 2. The van der Waals surface area contributed by atoms with Crippen molar-refractivity contribution in [3.63, 3.8) is 0 Å². The van der Waals surface area contributed by atoms with Gasteiger partial charge in [0, 0.05) is 5.41 Å². The summed E-state index contributed by atoms with van der Waals surface area (Å²) in [5, 5.41) is 34.8. The molecule has 0 radical (unpaired) electrons. The predicted octanol–water partition coefficient (Wildman–Crippen LogP) is 2.44. The maximum absolute atomic E-state index is 14.3. The van der Waals surface area contributed by atoms with Crippen molar-refractivity contribution in [2.45, 2.75) is 49.1 Å². The molecule has 1 aliphatic carbocycles. The van der Waals surface area contributed by atoms with Gasteiger partial charge in [-0.05, 0) is 16.7 Å². The third-order valence-corrected chi connectivity index (χ3v) is 9.08. The van der Waals surface area contributed by atoms with Crippen molar-refractivity contribution in [3.8, 4) is 0 Å². The van der Waals surface area contributed by atoms with E-state index in [2.05, 4.69) is 0 Å². The number of fused-ring (bicyclic) bond motifs is 1.